The van der Waals surface area contributed by atoms with Crippen LogP contribution in [-0.2, 0) is 11.4 Å². The monoisotopic (exact) mass is 509 g/mol. The minimum Gasteiger partial charge on any atom is -0.489 e. The second kappa shape index (κ2) is 11.6. The van der Waals surface area contributed by atoms with Crippen molar-refractivity contribution in [2.24, 2.45) is 0 Å². The van der Waals surface area contributed by atoms with E-state index in [9.17, 15) is 10.1 Å². The first-order chi connectivity index (χ1) is 17.9. The first kappa shape index (κ1) is 25.8. The van der Waals surface area contributed by atoms with Crippen molar-refractivity contribution in [2.75, 3.05) is 0 Å². The molecule has 0 bridgehead atoms. The molecule has 0 fully saturated rings. The standard InChI is InChI=1S/C31H28ClN3O2/c1-21-17-26(18-27(19-33)31(36)34-22(2)25-7-5-4-6-8-25)23(3)35(21)29-13-15-30(16-14-29)37-20-24-9-11-28(32)12-10-24/h4-18,22H,20H2,1-3H3,(H,34,36)/b27-18-/t22-/m1/s1. The fourth-order valence-electron chi connectivity index (χ4n) is 4.17. The predicted octanol–water partition coefficient (Wildman–Crippen LogP) is 7.11. The molecular formula is C31H28ClN3O2. The zero-order chi connectivity index (χ0) is 26.4. The van der Waals surface area contributed by atoms with Gasteiger partial charge in [-0.15, -0.1) is 0 Å². The Morgan fingerprint density at radius 1 is 1.05 bits per heavy atom. The summed E-state index contributed by atoms with van der Waals surface area (Å²) in [6.45, 7) is 6.33. The van der Waals surface area contributed by atoms with Gasteiger partial charge < -0.3 is 14.6 Å². The van der Waals surface area contributed by atoms with Gasteiger partial charge in [-0.1, -0.05) is 54.1 Å². The summed E-state index contributed by atoms with van der Waals surface area (Å²) in [4.78, 5) is 12.8. The van der Waals surface area contributed by atoms with Gasteiger partial charge in [0.05, 0.1) is 6.04 Å². The van der Waals surface area contributed by atoms with Crippen molar-refractivity contribution in [3.8, 4) is 17.5 Å². The SMILES string of the molecule is Cc1cc(/C=C(/C#N)C(=O)N[C@H](C)c2ccccc2)c(C)n1-c1ccc(OCc2ccc(Cl)cc2)cc1. The molecule has 5 nitrogen and oxygen atoms in total. The summed E-state index contributed by atoms with van der Waals surface area (Å²) in [7, 11) is 0. The number of ether oxygens (including phenoxy) is 1. The molecule has 0 spiro atoms. The maximum absolute atomic E-state index is 12.8. The molecule has 4 aromatic rings. The van der Waals surface area contributed by atoms with Crippen molar-refractivity contribution >= 4 is 23.6 Å². The van der Waals surface area contributed by atoms with Crippen molar-refractivity contribution in [2.45, 2.75) is 33.4 Å². The Kier molecular flexibility index (Phi) is 8.12. The van der Waals surface area contributed by atoms with Crippen LogP contribution in [0, 0.1) is 25.2 Å². The predicted molar refractivity (Wildman–Crippen MR) is 148 cm³/mol. The molecular weight excluding hydrogens is 482 g/mol. The van der Waals surface area contributed by atoms with E-state index in [0.29, 0.717) is 11.6 Å². The Bertz CT molecular complexity index is 1450. The summed E-state index contributed by atoms with van der Waals surface area (Å²) < 4.78 is 7.99. The van der Waals surface area contributed by atoms with Gasteiger partial charge in [0.15, 0.2) is 0 Å². The van der Waals surface area contributed by atoms with Crippen LogP contribution in [0.15, 0.2) is 90.5 Å². The van der Waals surface area contributed by atoms with Crippen LogP contribution in [0.5, 0.6) is 5.75 Å². The van der Waals surface area contributed by atoms with Crippen molar-refractivity contribution in [1.82, 2.24) is 9.88 Å². The summed E-state index contributed by atoms with van der Waals surface area (Å²) in [5.41, 5.74) is 5.80. The van der Waals surface area contributed by atoms with Crippen LogP contribution in [0.1, 0.15) is 41.0 Å². The number of nitriles is 1. The first-order valence-electron chi connectivity index (χ1n) is 12.0. The summed E-state index contributed by atoms with van der Waals surface area (Å²) >= 11 is 5.94. The molecule has 0 saturated carbocycles. The molecule has 1 N–H and O–H groups in total. The number of hydrogen-bond donors (Lipinski definition) is 1. The van der Waals surface area contributed by atoms with E-state index in [1.807, 2.05) is 106 Å². The van der Waals surface area contributed by atoms with Crippen LogP contribution in [0.2, 0.25) is 5.02 Å². The van der Waals surface area contributed by atoms with Crippen molar-refractivity contribution in [3.05, 3.63) is 124 Å². The highest BCUT2D eigenvalue weighted by Crippen LogP contribution is 2.25. The van der Waals surface area contributed by atoms with Gasteiger partial charge in [-0.3, -0.25) is 4.79 Å². The highest BCUT2D eigenvalue weighted by molar-refractivity contribution is 6.30. The fraction of sp³-hybridized carbons (Fsp3) is 0.161. The molecule has 1 atom stereocenters. The average Bonchev–Trinajstić information content (AvgIpc) is 3.19. The fourth-order valence-corrected chi connectivity index (χ4v) is 4.30. The molecule has 4 rings (SSSR count). The van der Waals surface area contributed by atoms with Crippen molar-refractivity contribution in [1.29, 1.82) is 5.26 Å². The number of nitrogens with one attached hydrogen (secondary N) is 1. The molecule has 37 heavy (non-hydrogen) atoms. The topological polar surface area (TPSA) is 67.0 Å². The number of carbonyl (C=O) groups excluding carboxylic acids is 1. The minimum absolute atomic E-state index is 0.0639. The minimum atomic E-state index is -0.397. The van der Waals surface area contributed by atoms with Gasteiger partial charge in [0.1, 0.15) is 24.0 Å². The van der Waals surface area contributed by atoms with Crippen molar-refractivity contribution < 1.29 is 9.53 Å². The van der Waals surface area contributed by atoms with E-state index in [0.717, 1.165) is 39.5 Å². The number of amides is 1. The summed E-state index contributed by atoms with van der Waals surface area (Å²) in [5, 5.41) is 13.3. The van der Waals surface area contributed by atoms with E-state index >= 15 is 0 Å². The number of halogens is 1. The van der Waals surface area contributed by atoms with E-state index in [4.69, 9.17) is 16.3 Å². The molecule has 0 aliphatic heterocycles. The Morgan fingerprint density at radius 3 is 2.38 bits per heavy atom. The largest absolute Gasteiger partial charge is 0.489 e. The molecule has 0 aliphatic rings. The van der Waals surface area contributed by atoms with Gasteiger partial charge in [-0.05, 0) is 86.0 Å². The van der Waals surface area contributed by atoms with Crippen LogP contribution in [0.4, 0.5) is 0 Å². The molecule has 0 radical (unpaired) electrons. The Morgan fingerprint density at radius 2 is 1.73 bits per heavy atom. The third-order valence-corrected chi connectivity index (χ3v) is 6.45. The molecule has 0 unspecified atom stereocenters. The Labute approximate surface area is 222 Å². The smallest absolute Gasteiger partial charge is 0.262 e. The van der Waals surface area contributed by atoms with Gasteiger partial charge >= 0.3 is 0 Å². The van der Waals surface area contributed by atoms with E-state index in [2.05, 4.69) is 16.0 Å². The molecule has 0 aliphatic carbocycles. The van der Waals surface area contributed by atoms with E-state index in [-0.39, 0.29) is 11.6 Å². The van der Waals surface area contributed by atoms with E-state index in [1.165, 1.54) is 0 Å². The van der Waals surface area contributed by atoms with Crippen LogP contribution >= 0.6 is 11.6 Å². The number of nitrogens with zero attached hydrogens (tertiary/aromatic N) is 2. The molecule has 3 aromatic carbocycles. The number of carbonyl (C=O) groups is 1. The molecule has 186 valence electrons. The molecule has 0 saturated heterocycles. The van der Waals surface area contributed by atoms with Crippen LogP contribution in [0.25, 0.3) is 11.8 Å². The van der Waals surface area contributed by atoms with Gasteiger partial charge in [0, 0.05) is 22.1 Å². The number of rotatable bonds is 8. The maximum atomic E-state index is 12.8. The number of aryl methyl sites for hydroxylation is 1. The average molecular weight is 510 g/mol. The normalized spacial score (nSPS) is 12.0. The number of benzene rings is 3. The number of hydrogen-bond acceptors (Lipinski definition) is 3. The Balaban J connectivity index is 1.49. The highest BCUT2D eigenvalue weighted by Gasteiger charge is 2.16. The summed E-state index contributed by atoms with van der Waals surface area (Å²) in [6, 6.07) is 28.9. The summed E-state index contributed by atoms with van der Waals surface area (Å²) in [6.07, 6.45) is 1.65. The lowest BCUT2D eigenvalue weighted by Gasteiger charge is -2.14. The quantitative estimate of drug-likeness (QED) is 0.203. The third kappa shape index (κ3) is 6.30. The summed E-state index contributed by atoms with van der Waals surface area (Å²) in [5.74, 6) is 0.364. The number of aromatic nitrogens is 1. The lowest BCUT2D eigenvalue weighted by Crippen LogP contribution is -2.27. The van der Waals surface area contributed by atoms with Gasteiger partial charge in [-0.2, -0.15) is 5.26 Å². The van der Waals surface area contributed by atoms with Crippen LogP contribution in [-0.4, -0.2) is 10.5 Å². The first-order valence-corrected chi connectivity index (χ1v) is 12.4. The van der Waals surface area contributed by atoms with Gasteiger partial charge in [0.25, 0.3) is 5.91 Å². The van der Waals surface area contributed by atoms with Crippen LogP contribution < -0.4 is 10.1 Å². The van der Waals surface area contributed by atoms with Crippen molar-refractivity contribution in [3.63, 3.8) is 0 Å². The second-order valence-corrected chi connectivity index (χ2v) is 9.28. The lowest BCUT2D eigenvalue weighted by atomic mass is 10.1. The van der Waals surface area contributed by atoms with Gasteiger partial charge in [-0.25, -0.2) is 0 Å². The molecule has 6 heteroatoms. The maximum Gasteiger partial charge on any atom is 0.262 e. The third-order valence-electron chi connectivity index (χ3n) is 6.20. The molecule has 1 amide bonds. The zero-order valence-corrected chi connectivity index (χ0v) is 21.8. The zero-order valence-electron chi connectivity index (χ0n) is 21.0. The second-order valence-electron chi connectivity index (χ2n) is 8.85. The molecule has 1 heterocycles. The lowest BCUT2D eigenvalue weighted by molar-refractivity contribution is -0.117. The van der Waals surface area contributed by atoms with E-state index < -0.39 is 5.91 Å². The highest BCUT2D eigenvalue weighted by atomic mass is 35.5. The van der Waals surface area contributed by atoms with E-state index in [1.54, 1.807) is 6.08 Å². The van der Waals surface area contributed by atoms with Gasteiger partial charge in [0.2, 0.25) is 0 Å². The molecule has 1 aromatic heterocycles. The van der Waals surface area contributed by atoms with Crippen LogP contribution in [0.3, 0.4) is 0 Å². The Hall–Kier alpha value is -4.27.